The van der Waals surface area contributed by atoms with Gasteiger partial charge in [-0.3, -0.25) is 29.1 Å². The van der Waals surface area contributed by atoms with E-state index in [0.717, 1.165) is 5.56 Å². The van der Waals surface area contributed by atoms with Crippen LogP contribution in [0, 0.1) is 5.92 Å². The van der Waals surface area contributed by atoms with Crippen LogP contribution >= 0.6 is 0 Å². The number of H-pyrrole nitrogens is 1. The molecule has 0 radical (unpaired) electrons. The Morgan fingerprint density at radius 1 is 0.956 bits per heavy atom. The van der Waals surface area contributed by atoms with E-state index in [4.69, 9.17) is 4.74 Å². The van der Waals surface area contributed by atoms with Gasteiger partial charge in [-0.15, -0.1) is 0 Å². The molecule has 3 aromatic rings. The number of aromatic amines is 1. The first kappa shape index (κ1) is 31.6. The van der Waals surface area contributed by atoms with Gasteiger partial charge in [0.15, 0.2) is 11.8 Å². The largest absolute Gasteiger partial charge is 0.360 e. The lowest BCUT2D eigenvalue weighted by atomic mass is 10.0. The third kappa shape index (κ3) is 7.66. The molecule has 0 saturated carbocycles. The van der Waals surface area contributed by atoms with Crippen LogP contribution in [0.15, 0.2) is 54.6 Å². The number of morpholine rings is 1. The van der Waals surface area contributed by atoms with Gasteiger partial charge in [-0.25, -0.2) is 0 Å². The molecule has 2 aliphatic rings. The second-order valence-corrected chi connectivity index (χ2v) is 12.0. The summed E-state index contributed by atoms with van der Waals surface area (Å²) in [5, 5.41) is 16.2. The van der Waals surface area contributed by atoms with Crippen LogP contribution in [0.4, 0.5) is 0 Å². The van der Waals surface area contributed by atoms with Gasteiger partial charge in [0, 0.05) is 31.9 Å². The number of aromatic nitrogens is 2. The molecule has 4 atom stereocenters. The highest BCUT2D eigenvalue weighted by molar-refractivity contribution is 6.05. The van der Waals surface area contributed by atoms with Crippen molar-refractivity contribution in [2.45, 2.75) is 51.0 Å². The Hall–Kier alpha value is -4.78. The average molecular weight is 618 g/mol. The fraction of sp³-hybridized carbons (Fsp3) is 0.438. The minimum Gasteiger partial charge on any atom is -0.360 e. The molecule has 13 nitrogen and oxygen atoms in total. The van der Waals surface area contributed by atoms with Gasteiger partial charge in [0.1, 0.15) is 12.1 Å². The minimum atomic E-state index is -1.14. The predicted molar refractivity (Wildman–Crippen MR) is 165 cm³/mol. The van der Waals surface area contributed by atoms with Crippen molar-refractivity contribution in [3.05, 3.63) is 65.9 Å². The molecular formula is C32H39N7O6. The molecule has 0 unspecified atom stereocenters. The Bertz CT molecular complexity index is 1560. The summed E-state index contributed by atoms with van der Waals surface area (Å²) < 4.78 is 6.15. The fourth-order valence-electron chi connectivity index (χ4n) is 5.69. The number of carbonyl (C=O) groups is 5. The average Bonchev–Trinajstić information content (AvgIpc) is 3.46. The third-order valence-corrected chi connectivity index (χ3v) is 7.94. The van der Waals surface area contributed by atoms with Gasteiger partial charge in [-0.1, -0.05) is 62.4 Å². The number of ether oxygens (including phenoxy) is 1. The topological polar surface area (TPSA) is 166 Å². The van der Waals surface area contributed by atoms with Gasteiger partial charge >= 0.3 is 0 Å². The Labute approximate surface area is 261 Å². The van der Waals surface area contributed by atoms with Gasteiger partial charge in [-0.2, -0.15) is 5.10 Å². The van der Waals surface area contributed by atoms with Crippen LogP contribution in [0.1, 0.15) is 36.3 Å². The van der Waals surface area contributed by atoms with E-state index < -0.39 is 53.8 Å². The summed E-state index contributed by atoms with van der Waals surface area (Å²) in [6.07, 6.45) is -1.34. The number of hydrogen-bond acceptors (Lipinski definition) is 7. The number of nitrogens with zero attached hydrogens (tertiary/aromatic N) is 3. The van der Waals surface area contributed by atoms with E-state index in [2.05, 4.69) is 26.1 Å². The molecule has 2 aliphatic heterocycles. The Kier molecular flexibility index (Phi) is 9.77. The molecule has 3 heterocycles. The van der Waals surface area contributed by atoms with Gasteiger partial charge in [-0.05, 0) is 24.0 Å². The standard InChI is InChI=1S/C32H39N7O6/c1-19(2)13-24-29(41)33-15-21-16-39(32(44)28-22-11-7-8-12-23(22)36-37-28)17-26(45-21)30(42)35-25(14-20-9-5-4-6-10-20)31(43)38(3)18-27(40)34-24/h4-12,19,21,24-26H,13-18H2,1-3H3,(H,33,41)(H,34,40)(H,35,42)(H,36,37)/t21-,24+,25-,26-/m1/s1. The van der Waals surface area contributed by atoms with Gasteiger partial charge in [0.05, 0.1) is 24.7 Å². The van der Waals surface area contributed by atoms with Gasteiger partial charge < -0.3 is 30.5 Å². The van der Waals surface area contributed by atoms with E-state index in [-0.39, 0.29) is 44.2 Å². The van der Waals surface area contributed by atoms with Crippen LogP contribution in [0.25, 0.3) is 10.9 Å². The van der Waals surface area contributed by atoms with Crippen LogP contribution in [-0.4, -0.2) is 107 Å². The number of para-hydroxylation sites is 1. The molecule has 2 saturated heterocycles. The smallest absolute Gasteiger partial charge is 0.275 e. The highest BCUT2D eigenvalue weighted by Gasteiger charge is 2.38. The molecule has 2 bridgehead atoms. The maximum absolute atomic E-state index is 13.8. The van der Waals surface area contributed by atoms with Crippen molar-refractivity contribution in [2.24, 2.45) is 5.92 Å². The molecule has 2 aromatic carbocycles. The van der Waals surface area contributed by atoms with E-state index in [1.54, 1.807) is 6.07 Å². The highest BCUT2D eigenvalue weighted by atomic mass is 16.5. The Morgan fingerprint density at radius 3 is 2.44 bits per heavy atom. The monoisotopic (exact) mass is 617 g/mol. The second-order valence-electron chi connectivity index (χ2n) is 12.0. The van der Waals surface area contributed by atoms with Crippen molar-refractivity contribution in [2.75, 3.05) is 33.2 Å². The molecule has 5 amide bonds. The lowest BCUT2D eigenvalue weighted by molar-refractivity contribution is -0.148. The molecule has 13 heteroatoms. The number of likely N-dealkylation sites (N-methyl/N-ethyl adjacent to an activating group) is 1. The second kappa shape index (κ2) is 13.9. The summed E-state index contributed by atoms with van der Waals surface area (Å²) >= 11 is 0. The van der Waals surface area contributed by atoms with Crippen molar-refractivity contribution < 1.29 is 28.7 Å². The third-order valence-electron chi connectivity index (χ3n) is 7.94. The van der Waals surface area contributed by atoms with Crippen LogP contribution in [-0.2, 0) is 30.3 Å². The number of hydrogen-bond donors (Lipinski definition) is 4. The Balaban J connectivity index is 1.46. The van der Waals surface area contributed by atoms with Crippen molar-refractivity contribution in [1.82, 2.24) is 35.9 Å². The number of carbonyl (C=O) groups excluding carboxylic acids is 5. The Morgan fingerprint density at radius 2 is 1.69 bits per heavy atom. The molecule has 0 aliphatic carbocycles. The summed E-state index contributed by atoms with van der Waals surface area (Å²) in [6.45, 7) is 3.56. The molecule has 0 spiro atoms. The lowest BCUT2D eigenvalue weighted by Crippen LogP contribution is -2.59. The zero-order chi connectivity index (χ0) is 32.1. The lowest BCUT2D eigenvalue weighted by Gasteiger charge is -2.38. The van der Waals surface area contributed by atoms with Gasteiger partial charge in [0.2, 0.25) is 17.7 Å². The highest BCUT2D eigenvalue weighted by Crippen LogP contribution is 2.21. The van der Waals surface area contributed by atoms with E-state index in [0.29, 0.717) is 17.3 Å². The molecule has 5 rings (SSSR count). The zero-order valence-corrected chi connectivity index (χ0v) is 25.6. The first-order valence-corrected chi connectivity index (χ1v) is 15.1. The fourth-order valence-corrected chi connectivity index (χ4v) is 5.69. The number of rotatable bonds is 5. The first-order chi connectivity index (χ1) is 21.6. The molecule has 45 heavy (non-hydrogen) atoms. The summed E-state index contributed by atoms with van der Waals surface area (Å²) in [7, 11) is 1.48. The van der Waals surface area contributed by atoms with Gasteiger partial charge in [0.25, 0.3) is 11.8 Å². The number of amides is 5. The summed E-state index contributed by atoms with van der Waals surface area (Å²) in [5.41, 5.74) is 1.71. The predicted octanol–water partition coefficient (Wildman–Crippen LogP) is 0.619. The van der Waals surface area contributed by atoms with Crippen LogP contribution in [0.5, 0.6) is 0 Å². The van der Waals surface area contributed by atoms with E-state index in [9.17, 15) is 24.0 Å². The maximum Gasteiger partial charge on any atom is 0.275 e. The van der Waals surface area contributed by atoms with Crippen molar-refractivity contribution in [1.29, 1.82) is 0 Å². The van der Waals surface area contributed by atoms with Crippen molar-refractivity contribution >= 4 is 40.4 Å². The molecule has 238 valence electrons. The van der Waals surface area contributed by atoms with E-state index in [1.165, 1.54) is 16.8 Å². The van der Waals surface area contributed by atoms with Crippen LogP contribution in [0.2, 0.25) is 0 Å². The SMILES string of the molecule is CC(C)C[C@@H]1NC(=O)CN(C)C(=O)[C@@H](Cc2ccccc2)NC(=O)[C@H]2CN(C(=O)c3n[nH]c4ccccc34)C[C@@H](CNC1=O)O2. The number of fused-ring (bicyclic) bond motifs is 3. The normalized spacial score (nSPS) is 23.6. The molecule has 1 aromatic heterocycles. The number of benzene rings is 2. The molecule has 2 fully saturated rings. The van der Waals surface area contributed by atoms with Crippen LogP contribution < -0.4 is 16.0 Å². The maximum atomic E-state index is 13.8. The number of nitrogens with one attached hydrogen (secondary N) is 4. The quantitative estimate of drug-likeness (QED) is 0.326. The van der Waals surface area contributed by atoms with E-state index >= 15 is 0 Å². The summed E-state index contributed by atoms with van der Waals surface area (Å²) in [4.78, 5) is 70.2. The minimum absolute atomic E-state index is 0.00947. The summed E-state index contributed by atoms with van der Waals surface area (Å²) in [6, 6.07) is 14.6. The van der Waals surface area contributed by atoms with Crippen LogP contribution in [0.3, 0.4) is 0 Å². The van der Waals surface area contributed by atoms with Crippen molar-refractivity contribution in [3.8, 4) is 0 Å². The molecule has 4 N–H and O–H groups in total. The first-order valence-electron chi connectivity index (χ1n) is 15.1. The summed E-state index contributed by atoms with van der Waals surface area (Å²) in [5.74, 6) is -2.30. The van der Waals surface area contributed by atoms with E-state index in [1.807, 2.05) is 62.4 Å². The van der Waals surface area contributed by atoms with Crippen molar-refractivity contribution in [3.63, 3.8) is 0 Å². The molecular weight excluding hydrogens is 578 g/mol. The zero-order valence-electron chi connectivity index (χ0n) is 25.6.